The van der Waals surface area contributed by atoms with Gasteiger partial charge in [-0.3, -0.25) is 0 Å². The van der Waals surface area contributed by atoms with Crippen molar-refractivity contribution in [3.63, 3.8) is 0 Å². The van der Waals surface area contributed by atoms with Crippen molar-refractivity contribution in [3.05, 3.63) is 29.8 Å². The molecule has 1 nitrogen and oxygen atoms in total. The molecule has 0 saturated carbocycles. The molecule has 0 amide bonds. The SMILES string of the molecule is COc1cccc(CC(C)(C)S)c1. The highest BCUT2D eigenvalue weighted by molar-refractivity contribution is 7.81. The molecule has 0 heterocycles. The lowest BCUT2D eigenvalue weighted by atomic mass is 10.0. The van der Waals surface area contributed by atoms with Crippen LogP contribution in [-0.2, 0) is 6.42 Å². The van der Waals surface area contributed by atoms with E-state index in [1.165, 1.54) is 5.56 Å². The summed E-state index contributed by atoms with van der Waals surface area (Å²) in [5.41, 5.74) is 1.26. The quantitative estimate of drug-likeness (QED) is 0.731. The van der Waals surface area contributed by atoms with E-state index in [0.717, 1.165) is 12.2 Å². The molecule has 1 aromatic rings. The highest BCUT2D eigenvalue weighted by Crippen LogP contribution is 2.21. The molecule has 1 rings (SSSR count). The summed E-state index contributed by atoms with van der Waals surface area (Å²) in [6.07, 6.45) is 0.952. The molecule has 0 atom stereocenters. The van der Waals surface area contributed by atoms with Crippen LogP contribution in [0.15, 0.2) is 24.3 Å². The van der Waals surface area contributed by atoms with E-state index in [4.69, 9.17) is 4.74 Å². The number of methoxy groups -OCH3 is 1. The first-order chi connectivity index (χ1) is 6.01. The summed E-state index contributed by atoms with van der Waals surface area (Å²) in [7, 11) is 1.69. The van der Waals surface area contributed by atoms with Gasteiger partial charge in [-0.05, 0) is 24.1 Å². The molecule has 2 heteroatoms. The number of hydrogen-bond donors (Lipinski definition) is 1. The van der Waals surface area contributed by atoms with Crippen LogP contribution in [0.4, 0.5) is 0 Å². The maximum Gasteiger partial charge on any atom is 0.119 e. The van der Waals surface area contributed by atoms with Crippen molar-refractivity contribution in [2.24, 2.45) is 0 Å². The minimum absolute atomic E-state index is 0.0341. The van der Waals surface area contributed by atoms with E-state index in [2.05, 4.69) is 38.6 Å². The number of thiol groups is 1. The molecular weight excluding hydrogens is 180 g/mol. The molecule has 0 spiro atoms. The van der Waals surface area contributed by atoms with Crippen molar-refractivity contribution in [2.75, 3.05) is 7.11 Å². The average molecular weight is 196 g/mol. The Labute approximate surface area is 85.5 Å². The molecule has 0 aromatic heterocycles. The van der Waals surface area contributed by atoms with Gasteiger partial charge < -0.3 is 4.74 Å². The Morgan fingerprint density at radius 1 is 1.38 bits per heavy atom. The van der Waals surface area contributed by atoms with E-state index in [1.807, 2.05) is 12.1 Å². The third kappa shape index (κ3) is 3.73. The van der Waals surface area contributed by atoms with Crippen LogP contribution in [-0.4, -0.2) is 11.9 Å². The second-order valence-electron chi connectivity index (χ2n) is 3.84. The first-order valence-corrected chi connectivity index (χ1v) is 4.81. The van der Waals surface area contributed by atoms with Crippen molar-refractivity contribution >= 4 is 12.6 Å². The van der Waals surface area contributed by atoms with E-state index in [-0.39, 0.29) is 4.75 Å². The number of benzene rings is 1. The molecular formula is C11H16OS. The fourth-order valence-corrected chi connectivity index (χ4v) is 1.46. The first kappa shape index (κ1) is 10.5. The van der Waals surface area contributed by atoms with Gasteiger partial charge in [0.05, 0.1) is 7.11 Å². The van der Waals surface area contributed by atoms with Crippen LogP contribution < -0.4 is 4.74 Å². The van der Waals surface area contributed by atoms with E-state index >= 15 is 0 Å². The van der Waals surface area contributed by atoms with Gasteiger partial charge in [-0.15, -0.1) is 0 Å². The number of rotatable bonds is 3. The maximum atomic E-state index is 5.14. The predicted octanol–water partition coefficient (Wildman–Crippen LogP) is 2.95. The van der Waals surface area contributed by atoms with Gasteiger partial charge in [0.15, 0.2) is 0 Å². The fraction of sp³-hybridized carbons (Fsp3) is 0.455. The molecule has 1 aromatic carbocycles. The lowest BCUT2D eigenvalue weighted by Crippen LogP contribution is -2.13. The van der Waals surface area contributed by atoms with Gasteiger partial charge in [0, 0.05) is 4.75 Å². The van der Waals surface area contributed by atoms with Gasteiger partial charge >= 0.3 is 0 Å². The topological polar surface area (TPSA) is 9.23 Å². The lowest BCUT2D eigenvalue weighted by molar-refractivity contribution is 0.414. The second kappa shape index (κ2) is 4.05. The third-order valence-electron chi connectivity index (χ3n) is 1.77. The van der Waals surface area contributed by atoms with Gasteiger partial charge in [0.25, 0.3) is 0 Å². The Balaban J connectivity index is 2.78. The van der Waals surface area contributed by atoms with Crippen molar-refractivity contribution < 1.29 is 4.74 Å². The number of hydrogen-bond acceptors (Lipinski definition) is 2. The fourth-order valence-electron chi connectivity index (χ4n) is 1.28. The summed E-state index contributed by atoms with van der Waals surface area (Å²) in [5, 5.41) is 0. The van der Waals surface area contributed by atoms with E-state index in [0.29, 0.717) is 0 Å². The van der Waals surface area contributed by atoms with Crippen LogP contribution in [0.1, 0.15) is 19.4 Å². The molecule has 0 fully saturated rings. The first-order valence-electron chi connectivity index (χ1n) is 4.36. The Bertz CT molecular complexity index is 276. The molecule has 0 aliphatic heterocycles. The molecule has 0 saturated heterocycles. The van der Waals surface area contributed by atoms with E-state index in [1.54, 1.807) is 7.11 Å². The molecule has 0 aliphatic rings. The Kier molecular flexibility index (Phi) is 3.26. The average Bonchev–Trinajstić information content (AvgIpc) is 2.01. The summed E-state index contributed by atoms with van der Waals surface area (Å²) in [5.74, 6) is 0.912. The van der Waals surface area contributed by atoms with E-state index in [9.17, 15) is 0 Å². The molecule has 0 unspecified atom stereocenters. The van der Waals surface area contributed by atoms with Crippen molar-refractivity contribution in [1.82, 2.24) is 0 Å². The van der Waals surface area contributed by atoms with Crippen LogP contribution in [0.5, 0.6) is 5.75 Å². The van der Waals surface area contributed by atoms with Crippen molar-refractivity contribution in [2.45, 2.75) is 25.0 Å². The zero-order valence-corrected chi connectivity index (χ0v) is 9.27. The van der Waals surface area contributed by atoms with Crippen LogP contribution in [0.25, 0.3) is 0 Å². The summed E-state index contributed by atoms with van der Waals surface area (Å²) >= 11 is 4.49. The van der Waals surface area contributed by atoms with Crippen molar-refractivity contribution in [3.8, 4) is 5.75 Å². The highest BCUT2D eigenvalue weighted by Gasteiger charge is 2.12. The van der Waals surface area contributed by atoms with Crippen LogP contribution in [0.3, 0.4) is 0 Å². The normalized spacial score (nSPS) is 11.4. The molecule has 13 heavy (non-hydrogen) atoms. The minimum Gasteiger partial charge on any atom is -0.497 e. The van der Waals surface area contributed by atoms with Gasteiger partial charge in [0.2, 0.25) is 0 Å². The Hall–Kier alpha value is -0.630. The van der Waals surface area contributed by atoms with E-state index < -0.39 is 0 Å². The molecule has 0 bridgehead atoms. The zero-order valence-electron chi connectivity index (χ0n) is 8.37. The standard InChI is InChI=1S/C11H16OS/c1-11(2,13)8-9-5-4-6-10(7-9)12-3/h4-7,13H,8H2,1-3H3. The highest BCUT2D eigenvalue weighted by atomic mass is 32.1. The molecule has 72 valence electrons. The lowest BCUT2D eigenvalue weighted by Gasteiger charge is -2.17. The van der Waals surface area contributed by atoms with Crippen LogP contribution in [0.2, 0.25) is 0 Å². The molecule has 0 N–H and O–H groups in total. The maximum absolute atomic E-state index is 5.14. The summed E-state index contributed by atoms with van der Waals surface area (Å²) in [6, 6.07) is 8.11. The van der Waals surface area contributed by atoms with Gasteiger partial charge in [0.1, 0.15) is 5.75 Å². The Morgan fingerprint density at radius 3 is 2.62 bits per heavy atom. The largest absolute Gasteiger partial charge is 0.497 e. The van der Waals surface area contributed by atoms with Crippen LogP contribution >= 0.6 is 12.6 Å². The summed E-state index contributed by atoms with van der Waals surface area (Å²) in [4.78, 5) is 0. The monoisotopic (exact) mass is 196 g/mol. The molecule has 0 aliphatic carbocycles. The minimum atomic E-state index is 0.0341. The molecule has 0 radical (unpaired) electrons. The van der Waals surface area contributed by atoms with Gasteiger partial charge in [-0.2, -0.15) is 12.6 Å². The summed E-state index contributed by atoms with van der Waals surface area (Å²) in [6.45, 7) is 4.21. The summed E-state index contributed by atoms with van der Waals surface area (Å²) < 4.78 is 5.18. The number of ether oxygens (including phenoxy) is 1. The van der Waals surface area contributed by atoms with Gasteiger partial charge in [-0.25, -0.2) is 0 Å². The van der Waals surface area contributed by atoms with Crippen LogP contribution in [0, 0.1) is 0 Å². The van der Waals surface area contributed by atoms with Crippen molar-refractivity contribution in [1.29, 1.82) is 0 Å². The van der Waals surface area contributed by atoms with Gasteiger partial charge in [-0.1, -0.05) is 26.0 Å². The zero-order chi connectivity index (χ0) is 9.90. The third-order valence-corrected chi connectivity index (χ3v) is 1.93. The second-order valence-corrected chi connectivity index (χ2v) is 5.05. The smallest absolute Gasteiger partial charge is 0.119 e. The Morgan fingerprint density at radius 2 is 2.08 bits per heavy atom. The predicted molar refractivity (Wildman–Crippen MR) is 59.8 cm³/mol.